The standard InChI is InChI=1S/C15H16FN3O/c1-9-13(10-5-4-6-11(16)7-10)17-14-15(2,3)18-12(20)8-19(9)14/h4-7H,8H2,1-3H3,(H,18,20). The number of aromatic nitrogens is 2. The normalized spacial score (nSPS) is 16.7. The highest BCUT2D eigenvalue weighted by atomic mass is 19.1. The molecule has 2 aromatic rings. The average molecular weight is 273 g/mol. The van der Waals surface area contributed by atoms with Gasteiger partial charge in [-0.05, 0) is 32.9 Å². The SMILES string of the molecule is Cc1c(-c2cccc(F)c2)nc2n1CC(=O)NC2(C)C. The van der Waals surface area contributed by atoms with Crippen LogP contribution in [0.3, 0.4) is 0 Å². The van der Waals surface area contributed by atoms with E-state index in [1.165, 1.54) is 12.1 Å². The molecule has 1 aliphatic rings. The van der Waals surface area contributed by atoms with Crippen LogP contribution in [0.5, 0.6) is 0 Å². The Balaban J connectivity index is 2.19. The van der Waals surface area contributed by atoms with Crippen molar-refractivity contribution >= 4 is 5.91 Å². The molecule has 104 valence electrons. The van der Waals surface area contributed by atoms with Crippen LogP contribution < -0.4 is 5.32 Å². The van der Waals surface area contributed by atoms with Crippen LogP contribution in [-0.4, -0.2) is 15.5 Å². The van der Waals surface area contributed by atoms with E-state index < -0.39 is 5.54 Å². The fourth-order valence-corrected chi connectivity index (χ4v) is 2.70. The summed E-state index contributed by atoms with van der Waals surface area (Å²) < 4.78 is 15.3. The summed E-state index contributed by atoms with van der Waals surface area (Å²) in [6.45, 7) is 5.99. The van der Waals surface area contributed by atoms with Crippen molar-refractivity contribution in [2.24, 2.45) is 0 Å². The molecule has 4 nitrogen and oxygen atoms in total. The van der Waals surface area contributed by atoms with Gasteiger partial charge in [0.05, 0.1) is 11.2 Å². The molecule has 1 aromatic heterocycles. The van der Waals surface area contributed by atoms with Crippen LogP contribution in [0.2, 0.25) is 0 Å². The third kappa shape index (κ3) is 1.90. The summed E-state index contributed by atoms with van der Waals surface area (Å²) in [6, 6.07) is 6.36. The van der Waals surface area contributed by atoms with E-state index in [4.69, 9.17) is 0 Å². The highest BCUT2D eigenvalue weighted by Crippen LogP contribution is 2.31. The smallest absolute Gasteiger partial charge is 0.240 e. The summed E-state index contributed by atoms with van der Waals surface area (Å²) in [5.41, 5.74) is 1.82. The predicted octanol–water partition coefficient (Wildman–Crippen LogP) is 2.36. The van der Waals surface area contributed by atoms with Crippen LogP contribution in [-0.2, 0) is 16.9 Å². The summed E-state index contributed by atoms with van der Waals surface area (Å²) in [5.74, 6) is 0.476. The van der Waals surface area contributed by atoms with Gasteiger partial charge in [0.25, 0.3) is 0 Å². The minimum absolute atomic E-state index is 0.0335. The zero-order valence-electron chi connectivity index (χ0n) is 11.7. The molecule has 1 aliphatic heterocycles. The van der Waals surface area contributed by atoms with Crippen molar-refractivity contribution < 1.29 is 9.18 Å². The third-order valence-corrected chi connectivity index (χ3v) is 3.63. The molecular weight excluding hydrogens is 257 g/mol. The maximum atomic E-state index is 13.4. The van der Waals surface area contributed by atoms with E-state index in [0.717, 1.165) is 22.8 Å². The van der Waals surface area contributed by atoms with Gasteiger partial charge in [-0.2, -0.15) is 0 Å². The number of hydrogen-bond acceptors (Lipinski definition) is 2. The van der Waals surface area contributed by atoms with Gasteiger partial charge >= 0.3 is 0 Å². The van der Waals surface area contributed by atoms with Crippen LogP contribution in [0.15, 0.2) is 24.3 Å². The van der Waals surface area contributed by atoms with Crippen molar-refractivity contribution in [3.8, 4) is 11.3 Å². The molecule has 0 saturated carbocycles. The molecule has 0 atom stereocenters. The molecule has 1 aromatic carbocycles. The molecule has 1 amide bonds. The molecule has 3 rings (SSSR count). The Morgan fingerprint density at radius 1 is 1.40 bits per heavy atom. The Bertz CT molecular complexity index is 703. The summed E-state index contributed by atoms with van der Waals surface area (Å²) in [6.07, 6.45) is 0. The number of carbonyl (C=O) groups excluding carboxylic acids is 1. The van der Waals surface area contributed by atoms with Gasteiger partial charge in [-0.15, -0.1) is 0 Å². The number of imidazole rings is 1. The maximum absolute atomic E-state index is 13.4. The third-order valence-electron chi connectivity index (χ3n) is 3.63. The average Bonchev–Trinajstić information content (AvgIpc) is 2.67. The highest BCUT2D eigenvalue weighted by molar-refractivity contribution is 5.79. The quantitative estimate of drug-likeness (QED) is 0.867. The van der Waals surface area contributed by atoms with E-state index in [2.05, 4.69) is 10.3 Å². The Kier molecular flexibility index (Phi) is 2.67. The zero-order valence-corrected chi connectivity index (χ0v) is 11.7. The lowest BCUT2D eigenvalue weighted by Crippen LogP contribution is -2.49. The van der Waals surface area contributed by atoms with Crippen molar-refractivity contribution in [3.63, 3.8) is 0 Å². The first-order chi connectivity index (χ1) is 9.38. The molecular formula is C15H16FN3O. The van der Waals surface area contributed by atoms with Gasteiger partial charge in [0, 0.05) is 11.3 Å². The van der Waals surface area contributed by atoms with Gasteiger partial charge in [-0.25, -0.2) is 9.37 Å². The molecule has 0 unspecified atom stereocenters. The van der Waals surface area contributed by atoms with Gasteiger partial charge in [0.15, 0.2) is 0 Å². The molecule has 0 spiro atoms. The lowest BCUT2D eigenvalue weighted by atomic mass is 10.0. The van der Waals surface area contributed by atoms with Gasteiger partial charge in [-0.3, -0.25) is 4.79 Å². The number of benzene rings is 1. The van der Waals surface area contributed by atoms with Crippen molar-refractivity contribution in [1.29, 1.82) is 0 Å². The summed E-state index contributed by atoms with van der Waals surface area (Å²) >= 11 is 0. The number of carbonyl (C=O) groups is 1. The molecule has 0 aliphatic carbocycles. The van der Waals surface area contributed by atoms with Crippen molar-refractivity contribution in [1.82, 2.24) is 14.9 Å². The van der Waals surface area contributed by atoms with Crippen molar-refractivity contribution in [2.45, 2.75) is 32.9 Å². The summed E-state index contributed by atoms with van der Waals surface area (Å²) in [4.78, 5) is 16.4. The Labute approximate surface area is 116 Å². The first-order valence-corrected chi connectivity index (χ1v) is 6.53. The topological polar surface area (TPSA) is 46.9 Å². The van der Waals surface area contributed by atoms with Gasteiger partial charge in [-0.1, -0.05) is 12.1 Å². The van der Waals surface area contributed by atoms with E-state index in [-0.39, 0.29) is 18.3 Å². The zero-order chi connectivity index (χ0) is 14.5. The Hall–Kier alpha value is -2.17. The van der Waals surface area contributed by atoms with E-state index in [0.29, 0.717) is 0 Å². The van der Waals surface area contributed by atoms with E-state index in [9.17, 15) is 9.18 Å². The van der Waals surface area contributed by atoms with Crippen molar-refractivity contribution in [2.75, 3.05) is 0 Å². The van der Waals surface area contributed by atoms with E-state index in [1.807, 2.05) is 31.4 Å². The van der Waals surface area contributed by atoms with Crippen molar-refractivity contribution in [3.05, 3.63) is 41.6 Å². The second-order valence-electron chi connectivity index (χ2n) is 5.64. The lowest BCUT2D eigenvalue weighted by molar-refractivity contribution is -0.124. The largest absolute Gasteiger partial charge is 0.342 e. The Morgan fingerprint density at radius 2 is 2.15 bits per heavy atom. The molecule has 20 heavy (non-hydrogen) atoms. The second-order valence-corrected chi connectivity index (χ2v) is 5.64. The number of halogens is 1. The maximum Gasteiger partial charge on any atom is 0.240 e. The molecule has 0 bridgehead atoms. The molecule has 1 N–H and O–H groups in total. The fourth-order valence-electron chi connectivity index (χ4n) is 2.70. The lowest BCUT2D eigenvalue weighted by Gasteiger charge is -2.31. The Morgan fingerprint density at radius 3 is 2.85 bits per heavy atom. The van der Waals surface area contributed by atoms with Crippen LogP contribution in [0.4, 0.5) is 4.39 Å². The molecule has 0 radical (unpaired) electrons. The molecule has 0 saturated heterocycles. The van der Waals surface area contributed by atoms with Crippen LogP contribution in [0.25, 0.3) is 11.3 Å². The number of nitrogens with one attached hydrogen (secondary N) is 1. The second kappa shape index (κ2) is 4.16. The first kappa shape index (κ1) is 12.8. The minimum Gasteiger partial charge on any atom is -0.342 e. The number of nitrogens with zero attached hydrogens (tertiary/aromatic N) is 2. The summed E-state index contributed by atoms with van der Waals surface area (Å²) in [7, 11) is 0. The minimum atomic E-state index is -0.522. The fraction of sp³-hybridized carbons (Fsp3) is 0.333. The van der Waals surface area contributed by atoms with Gasteiger partial charge in [0.1, 0.15) is 18.2 Å². The number of amides is 1. The van der Waals surface area contributed by atoms with E-state index >= 15 is 0 Å². The highest BCUT2D eigenvalue weighted by Gasteiger charge is 2.35. The number of fused-ring (bicyclic) bond motifs is 1. The predicted molar refractivity (Wildman–Crippen MR) is 73.5 cm³/mol. The van der Waals surface area contributed by atoms with Crippen LogP contribution >= 0.6 is 0 Å². The molecule has 2 heterocycles. The van der Waals surface area contributed by atoms with Gasteiger partial charge < -0.3 is 9.88 Å². The monoisotopic (exact) mass is 273 g/mol. The number of hydrogen-bond donors (Lipinski definition) is 1. The molecule has 5 heteroatoms. The van der Waals surface area contributed by atoms with Gasteiger partial charge in [0.2, 0.25) is 5.91 Å². The summed E-state index contributed by atoms with van der Waals surface area (Å²) in [5, 5.41) is 2.92. The van der Waals surface area contributed by atoms with E-state index in [1.54, 1.807) is 6.07 Å². The molecule has 0 fully saturated rings. The number of rotatable bonds is 1. The first-order valence-electron chi connectivity index (χ1n) is 6.53. The van der Waals surface area contributed by atoms with Crippen LogP contribution in [0.1, 0.15) is 25.4 Å². The van der Waals surface area contributed by atoms with Crippen LogP contribution in [0, 0.1) is 12.7 Å².